The first-order valence-corrected chi connectivity index (χ1v) is 15.5. The number of benzene rings is 6. The second-order valence-corrected chi connectivity index (χ2v) is 11.5. The zero-order chi connectivity index (χ0) is 30.4. The molecule has 0 spiro atoms. The fraction of sp³-hybridized carbons (Fsp3) is 0.0698. The molecule has 216 valence electrons. The lowest BCUT2D eigenvalue weighted by Gasteiger charge is -2.18. The smallest absolute Gasteiger partial charge is 0.0820 e. The lowest BCUT2D eigenvalue weighted by Crippen LogP contribution is -1.98. The van der Waals surface area contributed by atoms with E-state index >= 15 is 0 Å². The van der Waals surface area contributed by atoms with Crippen LogP contribution in [-0.2, 0) is 12.8 Å². The molecule has 0 aliphatic carbocycles. The summed E-state index contributed by atoms with van der Waals surface area (Å²) in [4.78, 5) is 10.3. The molecule has 1 heterocycles. The van der Waals surface area contributed by atoms with E-state index in [1.54, 1.807) is 0 Å². The molecule has 0 saturated heterocycles. The third kappa shape index (κ3) is 6.37. The number of hydrogen-bond donors (Lipinski definition) is 0. The first-order chi connectivity index (χ1) is 22.2. The summed E-state index contributed by atoms with van der Waals surface area (Å²) in [6.45, 7) is 2.13. The Morgan fingerprint density at radius 2 is 1.18 bits per heavy atom. The first-order valence-electron chi connectivity index (χ1n) is 15.5. The van der Waals surface area contributed by atoms with Crippen molar-refractivity contribution < 1.29 is 0 Å². The molecule has 0 radical (unpaired) electrons. The van der Waals surface area contributed by atoms with Crippen molar-refractivity contribution in [2.24, 2.45) is 4.99 Å². The van der Waals surface area contributed by atoms with E-state index in [0.717, 1.165) is 35.5 Å². The van der Waals surface area contributed by atoms with Crippen molar-refractivity contribution >= 4 is 22.7 Å². The number of aliphatic imine (C=N–C) groups is 1. The minimum absolute atomic E-state index is 0.783. The molecule has 45 heavy (non-hydrogen) atoms. The monoisotopic (exact) mass is 578 g/mol. The van der Waals surface area contributed by atoms with Gasteiger partial charge in [0.1, 0.15) is 0 Å². The average molecular weight is 579 g/mol. The number of rotatable bonds is 8. The molecule has 1 aromatic heterocycles. The summed E-state index contributed by atoms with van der Waals surface area (Å²) >= 11 is 0. The highest BCUT2D eigenvalue weighted by Gasteiger charge is 2.17. The summed E-state index contributed by atoms with van der Waals surface area (Å²) < 4.78 is 0. The maximum Gasteiger partial charge on any atom is 0.0820 e. The second kappa shape index (κ2) is 13.0. The molecule has 2 heteroatoms. The summed E-state index contributed by atoms with van der Waals surface area (Å²) in [5.41, 5.74) is 12.5. The van der Waals surface area contributed by atoms with Crippen LogP contribution in [0.1, 0.15) is 33.5 Å². The van der Waals surface area contributed by atoms with Crippen molar-refractivity contribution in [3.63, 3.8) is 0 Å². The summed E-state index contributed by atoms with van der Waals surface area (Å²) in [7, 11) is 0. The van der Waals surface area contributed by atoms with E-state index in [9.17, 15) is 0 Å². The van der Waals surface area contributed by atoms with Crippen LogP contribution in [0.5, 0.6) is 0 Å². The van der Waals surface area contributed by atoms with Crippen molar-refractivity contribution in [3.05, 3.63) is 191 Å². The van der Waals surface area contributed by atoms with Crippen molar-refractivity contribution in [2.75, 3.05) is 0 Å². The van der Waals surface area contributed by atoms with E-state index in [1.165, 1.54) is 49.7 Å². The molecule has 0 amide bonds. The predicted octanol–water partition coefficient (Wildman–Crippen LogP) is 10.8. The van der Waals surface area contributed by atoms with Gasteiger partial charge in [0, 0.05) is 10.9 Å². The molecule has 0 bridgehead atoms. The quantitative estimate of drug-likeness (QED) is 0.165. The molecule has 0 atom stereocenters. The van der Waals surface area contributed by atoms with Gasteiger partial charge in [-0.3, -0.25) is 4.99 Å². The molecular weight excluding hydrogens is 544 g/mol. The number of nitrogens with zero attached hydrogens (tertiary/aromatic N) is 2. The average Bonchev–Trinajstić information content (AvgIpc) is 3.10. The van der Waals surface area contributed by atoms with Gasteiger partial charge in [-0.1, -0.05) is 151 Å². The molecule has 0 aliphatic heterocycles. The highest BCUT2D eigenvalue weighted by Crippen LogP contribution is 2.41. The van der Waals surface area contributed by atoms with Crippen LogP contribution in [0.25, 0.3) is 33.2 Å². The third-order valence-electron chi connectivity index (χ3n) is 8.30. The van der Waals surface area contributed by atoms with Gasteiger partial charge in [0.25, 0.3) is 0 Å². The van der Waals surface area contributed by atoms with Gasteiger partial charge in [-0.05, 0) is 70.7 Å². The Morgan fingerprint density at radius 1 is 0.556 bits per heavy atom. The van der Waals surface area contributed by atoms with Crippen molar-refractivity contribution in [2.45, 2.75) is 19.8 Å². The largest absolute Gasteiger partial charge is 0.254 e. The molecule has 0 N–H and O–H groups in total. The van der Waals surface area contributed by atoms with Crippen LogP contribution in [0.15, 0.2) is 163 Å². The normalized spacial score (nSPS) is 11.3. The predicted molar refractivity (Wildman–Crippen MR) is 190 cm³/mol. The Bertz CT molecular complexity index is 2080. The number of pyridine rings is 1. The Hall–Kier alpha value is -5.60. The van der Waals surface area contributed by atoms with Crippen LogP contribution in [0.4, 0.5) is 5.69 Å². The summed E-state index contributed by atoms with van der Waals surface area (Å²) in [5.74, 6) is 0. The molecule has 0 saturated carbocycles. The highest BCUT2D eigenvalue weighted by atomic mass is 14.8. The summed E-state index contributed by atoms with van der Waals surface area (Å²) in [6.07, 6.45) is 3.56. The fourth-order valence-corrected chi connectivity index (χ4v) is 6.05. The van der Waals surface area contributed by atoms with Gasteiger partial charge < -0.3 is 0 Å². The van der Waals surface area contributed by atoms with Gasteiger partial charge in [-0.25, -0.2) is 4.98 Å². The van der Waals surface area contributed by atoms with Gasteiger partial charge in [0.15, 0.2) is 0 Å². The van der Waals surface area contributed by atoms with E-state index in [4.69, 9.17) is 9.98 Å². The molecule has 6 aromatic carbocycles. The minimum atomic E-state index is 0.783. The molecular formula is C43H34N2. The molecule has 0 fully saturated rings. The zero-order valence-electron chi connectivity index (χ0n) is 25.4. The van der Waals surface area contributed by atoms with Crippen LogP contribution in [0.2, 0.25) is 0 Å². The molecule has 7 rings (SSSR count). The van der Waals surface area contributed by atoms with Gasteiger partial charge in [-0.2, -0.15) is 0 Å². The Labute approximate surface area is 265 Å². The molecule has 2 nitrogen and oxygen atoms in total. The number of aryl methyl sites for hydroxylation is 1. The van der Waals surface area contributed by atoms with Crippen LogP contribution in [0, 0.1) is 6.92 Å². The van der Waals surface area contributed by atoms with Gasteiger partial charge in [0.2, 0.25) is 0 Å². The van der Waals surface area contributed by atoms with E-state index < -0.39 is 0 Å². The Balaban J connectivity index is 1.45. The summed E-state index contributed by atoms with van der Waals surface area (Å²) in [6, 6.07) is 55.8. The van der Waals surface area contributed by atoms with Crippen LogP contribution >= 0.6 is 0 Å². The maximum absolute atomic E-state index is 5.30. The third-order valence-corrected chi connectivity index (χ3v) is 8.30. The lowest BCUT2D eigenvalue weighted by atomic mass is 9.88. The number of aromatic nitrogens is 1. The first kappa shape index (κ1) is 28.2. The minimum Gasteiger partial charge on any atom is -0.254 e. The van der Waals surface area contributed by atoms with Crippen LogP contribution in [0.3, 0.4) is 0 Å². The summed E-state index contributed by atoms with van der Waals surface area (Å²) in [5, 5.41) is 2.41. The molecule has 0 unspecified atom stereocenters. The standard InChI is InChI=1S/C43H34N2/c1-31-23-25-34(26-24-31)39-20-12-21-40-36(27-32-13-5-2-6-14-32)29-37(28-33-15-7-3-8-16-33)43(42(39)40)44-30-38-19-11-22-41(45-38)35-17-9-4-10-18-35/h2-26,29-30H,27-28H2,1H3. The van der Waals surface area contributed by atoms with E-state index in [-0.39, 0.29) is 0 Å². The highest BCUT2D eigenvalue weighted by molar-refractivity contribution is 6.07. The molecule has 0 aliphatic rings. The van der Waals surface area contributed by atoms with E-state index in [0.29, 0.717) is 0 Å². The fourth-order valence-electron chi connectivity index (χ4n) is 6.05. The number of fused-ring (bicyclic) bond motifs is 1. The zero-order valence-corrected chi connectivity index (χ0v) is 25.4. The van der Waals surface area contributed by atoms with E-state index in [2.05, 4.69) is 140 Å². The van der Waals surface area contributed by atoms with Crippen LogP contribution < -0.4 is 0 Å². The Kier molecular flexibility index (Phi) is 8.11. The second-order valence-electron chi connectivity index (χ2n) is 11.5. The SMILES string of the molecule is Cc1ccc(-c2cccc3c(Cc4ccccc4)cc(Cc4ccccc4)c(N=Cc4cccc(-c5ccccc5)n4)c23)cc1. The van der Waals surface area contributed by atoms with Gasteiger partial charge >= 0.3 is 0 Å². The van der Waals surface area contributed by atoms with Gasteiger partial charge in [0.05, 0.1) is 23.3 Å². The maximum atomic E-state index is 5.30. The van der Waals surface area contributed by atoms with Crippen molar-refractivity contribution in [1.29, 1.82) is 0 Å². The van der Waals surface area contributed by atoms with Crippen molar-refractivity contribution in [3.8, 4) is 22.4 Å². The topological polar surface area (TPSA) is 25.2 Å². The van der Waals surface area contributed by atoms with Crippen LogP contribution in [-0.4, -0.2) is 11.2 Å². The van der Waals surface area contributed by atoms with E-state index in [1.807, 2.05) is 30.5 Å². The Morgan fingerprint density at radius 3 is 1.87 bits per heavy atom. The number of hydrogen-bond acceptors (Lipinski definition) is 2. The van der Waals surface area contributed by atoms with Gasteiger partial charge in [-0.15, -0.1) is 0 Å². The van der Waals surface area contributed by atoms with Crippen molar-refractivity contribution in [1.82, 2.24) is 4.98 Å². The lowest BCUT2D eigenvalue weighted by molar-refractivity contribution is 1.15. The molecule has 7 aromatic rings.